The van der Waals surface area contributed by atoms with Crippen molar-refractivity contribution in [3.05, 3.63) is 23.8 Å². The highest BCUT2D eigenvalue weighted by Gasteiger charge is 2.17. The number of ether oxygens (including phenoxy) is 1. The zero-order chi connectivity index (χ0) is 13.7. The second kappa shape index (κ2) is 6.45. The van der Waals surface area contributed by atoms with E-state index in [1.165, 1.54) is 12.8 Å². The minimum absolute atomic E-state index is 0.112. The molecule has 104 valence electrons. The Morgan fingerprint density at radius 2 is 2.11 bits per heavy atom. The van der Waals surface area contributed by atoms with Crippen LogP contribution in [0.4, 0.5) is 10.5 Å². The third-order valence-corrected chi connectivity index (χ3v) is 3.45. The Labute approximate surface area is 114 Å². The van der Waals surface area contributed by atoms with Gasteiger partial charge in [0.25, 0.3) is 0 Å². The highest BCUT2D eigenvalue weighted by molar-refractivity contribution is 5.90. The number of carbonyl (C=O) groups excluding carboxylic acids is 1. The van der Waals surface area contributed by atoms with Crippen LogP contribution in [0, 0.1) is 6.92 Å². The number of hydrogen-bond donors (Lipinski definition) is 2. The summed E-state index contributed by atoms with van der Waals surface area (Å²) in [5.74, 6) is 0.835. The fraction of sp³-hybridized carbons (Fsp3) is 0.533. The van der Waals surface area contributed by atoms with Crippen LogP contribution in [0.1, 0.15) is 38.2 Å². The van der Waals surface area contributed by atoms with E-state index >= 15 is 0 Å². The number of rotatable bonds is 4. The average molecular weight is 262 g/mol. The monoisotopic (exact) mass is 262 g/mol. The van der Waals surface area contributed by atoms with E-state index < -0.39 is 0 Å². The molecule has 0 heterocycles. The van der Waals surface area contributed by atoms with Crippen molar-refractivity contribution in [3.8, 4) is 5.75 Å². The van der Waals surface area contributed by atoms with Gasteiger partial charge in [-0.3, -0.25) is 0 Å². The third-order valence-electron chi connectivity index (χ3n) is 3.45. The van der Waals surface area contributed by atoms with Crippen LogP contribution in [-0.2, 0) is 0 Å². The van der Waals surface area contributed by atoms with Crippen LogP contribution in [0.2, 0.25) is 0 Å². The van der Waals surface area contributed by atoms with Gasteiger partial charge in [-0.05, 0) is 50.5 Å². The van der Waals surface area contributed by atoms with Crippen molar-refractivity contribution in [2.24, 2.45) is 0 Å². The zero-order valence-electron chi connectivity index (χ0n) is 11.7. The van der Waals surface area contributed by atoms with E-state index in [1.54, 1.807) is 0 Å². The first kappa shape index (κ1) is 13.7. The molecular formula is C15H22N2O2. The maximum absolute atomic E-state index is 11.9. The molecule has 1 aliphatic rings. The van der Waals surface area contributed by atoms with Gasteiger partial charge in [-0.1, -0.05) is 12.8 Å². The minimum Gasteiger partial charge on any atom is -0.494 e. The Hall–Kier alpha value is -1.71. The van der Waals surface area contributed by atoms with E-state index in [1.807, 2.05) is 32.0 Å². The first-order valence-electron chi connectivity index (χ1n) is 7.00. The molecule has 4 heteroatoms. The molecule has 0 bridgehead atoms. The second-order valence-electron chi connectivity index (χ2n) is 4.99. The number of urea groups is 1. The number of anilines is 1. The summed E-state index contributed by atoms with van der Waals surface area (Å²) in [6.45, 7) is 4.57. The van der Waals surface area contributed by atoms with Crippen LogP contribution in [-0.4, -0.2) is 18.7 Å². The van der Waals surface area contributed by atoms with Gasteiger partial charge >= 0.3 is 6.03 Å². The van der Waals surface area contributed by atoms with E-state index in [0.717, 1.165) is 29.8 Å². The van der Waals surface area contributed by atoms with E-state index in [4.69, 9.17) is 4.74 Å². The summed E-state index contributed by atoms with van der Waals surface area (Å²) >= 11 is 0. The van der Waals surface area contributed by atoms with Gasteiger partial charge in [0, 0.05) is 11.7 Å². The lowest BCUT2D eigenvalue weighted by Gasteiger charge is -2.14. The number of benzene rings is 1. The Balaban J connectivity index is 1.92. The van der Waals surface area contributed by atoms with Gasteiger partial charge < -0.3 is 15.4 Å². The first-order chi connectivity index (χ1) is 9.19. The topological polar surface area (TPSA) is 50.4 Å². The molecule has 1 saturated carbocycles. The molecule has 1 fully saturated rings. The Morgan fingerprint density at radius 3 is 2.74 bits per heavy atom. The zero-order valence-corrected chi connectivity index (χ0v) is 11.7. The van der Waals surface area contributed by atoms with E-state index in [-0.39, 0.29) is 6.03 Å². The molecule has 4 nitrogen and oxygen atoms in total. The van der Waals surface area contributed by atoms with Crippen molar-refractivity contribution >= 4 is 11.7 Å². The van der Waals surface area contributed by atoms with E-state index in [9.17, 15) is 4.79 Å². The molecule has 0 aromatic heterocycles. The van der Waals surface area contributed by atoms with Crippen molar-refractivity contribution in [3.63, 3.8) is 0 Å². The van der Waals surface area contributed by atoms with Crippen LogP contribution >= 0.6 is 0 Å². The lowest BCUT2D eigenvalue weighted by molar-refractivity contribution is 0.248. The average Bonchev–Trinajstić information content (AvgIpc) is 2.86. The lowest BCUT2D eigenvalue weighted by atomic mass is 10.2. The SMILES string of the molecule is CCOc1ccc(NC(=O)NC2CCCC2)c(C)c1. The summed E-state index contributed by atoms with van der Waals surface area (Å²) in [7, 11) is 0. The van der Waals surface area contributed by atoms with Gasteiger partial charge in [-0.25, -0.2) is 4.79 Å². The molecule has 0 spiro atoms. The fourth-order valence-electron chi connectivity index (χ4n) is 2.45. The predicted molar refractivity (Wildman–Crippen MR) is 76.8 cm³/mol. The van der Waals surface area contributed by atoms with Gasteiger partial charge in [0.05, 0.1) is 6.61 Å². The highest BCUT2D eigenvalue weighted by atomic mass is 16.5. The molecule has 0 unspecified atom stereocenters. The van der Waals surface area contributed by atoms with Gasteiger partial charge in [0.1, 0.15) is 5.75 Å². The van der Waals surface area contributed by atoms with Gasteiger partial charge in [-0.15, -0.1) is 0 Å². The first-order valence-corrected chi connectivity index (χ1v) is 7.00. The van der Waals surface area contributed by atoms with E-state index in [0.29, 0.717) is 12.6 Å². The smallest absolute Gasteiger partial charge is 0.319 e. The van der Waals surface area contributed by atoms with Gasteiger partial charge in [0.2, 0.25) is 0 Å². The maximum atomic E-state index is 11.9. The molecule has 1 aromatic rings. The van der Waals surface area contributed by atoms with Crippen LogP contribution in [0.5, 0.6) is 5.75 Å². The number of hydrogen-bond acceptors (Lipinski definition) is 2. The largest absolute Gasteiger partial charge is 0.494 e. The molecule has 0 aliphatic heterocycles. The molecule has 1 aromatic carbocycles. The Kier molecular flexibility index (Phi) is 4.66. The summed E-state index contributed by atoms with van der Waals surface area (Å²) in [6.07, 6.45) is 4.62. The minimum atomic E-state index is -0.112. The summed E-state index contributed by atoms with van der Waals surface area (Å²) in [5, 5.41) is 5.91. The summed E-state index contributed by atoms with van der Waals surface area (Å²) in [6, 6.07) is 5.92. The molecule has 0 atom stereocenters. The summed E-state index contributed by atoms with van der Waals surface area (Å²) in [5.41, 5.74) is 1.84. The number of aryl methyl sites for hydroxylation is 1. The molecular weight excluding hydrogens is 240 g/mol. The molecule has 0 radical (unpaired) electrons. The standard InChI is InChI=1S/C15H22N2O2/c1-3-19-13-8-9-14(11(2)10-13)17-15(18)16-12-6-4-5-7-12/h8-10,12H,3-7H2,1-2H3,(H2,16,17,18). The van der Waals surface area contributed by atoms with Crippen molar-refractivity contribution in [1.29, 1.82) is 0 Å². The maximum Gasteiger partial charge on any atom is 0.319 e. The quantitative estimate of drug-likeness (QED) is 0.873. The molecule has 2 rings (SSSR count). The van der Waals surface area contributed by atoms with Crippen molar-refractivity contribution in [2.75, 3.05) is 11.9 Å². The van der Waals surface area contributed by atoms with Crippen LogP contribution in [0.25, 0.3) is 0 Å². The number of carbonyl (C=O) groups is 1. The lowest BCUT2D eigenvalue weighted by Crippen LogP contribution is -2.36. The molecule has 2 amide bonds. The highest BCUT2D eigenvalue weighted by Crippen LogP contribution is 2.22. The number of nitrogens with one attached hydrogen (secondary N) is 2. The third kappa shape index (κ3) is 3.88. The van der Waals surface area contributed by atoms with Crippen molar-refractivity contribution < 1.29 is 9.53 Å². The van der Waals surface area contributed by atoms with E-state index in [2.05, 4.69) is 10.6 Å². The second-order valence-corrected chi connectivity index (χ2v) is 4.99. The van der Waals surface area contributed by atoms with Crippen LogP contribution in [0.3, 0.4) is 0 Å². The summed E-state index contributed by atoms with van der Waals surface area (Å²) in [4.78, 5) is 11.9. The van der Waals surface area contributed by atoms with Gasteiger partial charge in [-0.2, -0.15) is 0 Å². The fourth-order valence-corrected chi connectivity index (χ4v) is 2.45. The van der Waals surface area contributed by atoms with Crippen molar-refractivity contribution in [2.45, 2.75) is 45.6 Å². The predicted octanol–water partition coefficient (Wildman–Crippen LogP) is 3.46. The molecule has 19 heavy (non-hydrogen) atoms. The van der Waals surface area contributed by atoms with Crippen molar-refractivity contribution in [1.82, 2.24) is 5.32 Å². The summed E-state index contributed by atoms with van der Waals surface area (Å²) < 4.78 is 5.43. The van der Waals surface area contributed by atoms with Crippen LogP contribution < -0.4 is 15.4 Å². The molecule has 1 aliphatic carbocycles. The van der Waals surface area contributed by atoms with Gasteiger partial charge in [0.15, 0.2) is 0 Å². The molecule has 0 saturated heterocycles. The van der Waals surface area contributed by atoms with Crippen LogP contribution in [0.15, 0.2) is 18.2 Å². The number of amides is 2. The Morgan fingerprint density at radius 1 is 1.37 bits per heavy atom. The Bertz CT molecular complexity index is 440. The normalized spacial score (nSPS) is 15.3. The molecule has 2 N–H and O–H groups in total.